The minimum atomic E-state index is -0.340. The molecule has 1 atom stereocenters. The van der Waals surface area contributed by atoms with Gasteiger partial charge in [-0.25, -0.2) is 4.39 Å². The average Bonchev–Trinajstić information content (AvgIpc) is 2.49. The summed E-state index contributed by atoms with van der Waals surface area (Å²) >= 11 is 0. The van der Waals surface area contributed by atoms with E-state index in [2.05, 4.69) is 11.9 Å². The van der Waals surface area contributed by atoms with Crippen molar-refractivity contribution in [2.75, 3.05) is 40.5 Å². The summed E-state index contributed by atoms with van der Waals surface area (Å²) in [4.78, 5) is 2.22. The molecule has 1 fully saturated rings. The molecule has 0 bridgehead atoms. The number of nitrogens with two attached hydrogens (primary N) is 1. The standard InChI is InChI=1S/C16H25FN2O2/c1-19(11-12-5-7-21-8-6-12)15(10-18)13-3-4-16(20-2)14(17)9-13/h3-4,9,12,15H,5-8,10-11,18H2,1-2H3. The second kappa shape index (κ2) is 7.73. The van der Waals surface area contributed by atoms with Crippen LogP contribution in [0.15, 0.2) is 18.2 Å². The van der Waals surface area contributed by atoms with E-state index in [1.807, 2.05) is 6.07 Å². The van der Waals surface area contributed by atoms with Crippen LogP contribution in [-0.2, 0) is 4.74 Å². The molecule has 2 rings (SSSR count). The Hall–Kier alpha value is -1.17. The van der Waals surface area contributed by atoms with Gasteiger partial charge in [-0.2, -0.15) is 0 Å². The molecule has 1 heterocycles. The van der Waals surface area contributed by atoms with E-state index in [4.69, 9.17) is 15.2 Å². The highest BCUT2D eigenvalue weighted by Gasteiger charge is 2.22. The van der Waals surface area contributed by atoms with E-state index in [1.54, 1.807) is 6.07 Å². The van der Waals surface area contributed by atoms with Crippen LogP contribution in [0.25, 0.3) is 0 Å². The molecule has 0 saturated carbocycles. The molecule has 0 radical (unpaired) electrons. The van der Waals surface area contributed by atoms with Gasteiger partial charge in [-0.3, -0.25) is 4.90 Å². The SMILES string of the molecule is COc1ccc(C(CN)N(C)CC2CCOCC2)cc1F. The van der Waals surface area contributed by atoms with Crippen molar-refractivity contribution in [2.24, 2.45) is 11.7 Å². The molecule has 5 heteroatoms. The van der Waals surface area contributed by atoms with Crippen LogP contribution in [-0.4, -0.2) is 45.4 Å². The Morgan fingerprint density at radius 3 is 2.71 bits per heavy atom. The summed E-state index contributed by atoms with van der Waals surface area (Å²) in [5.74, 6) is 0.551. The Balaban J connectivity index is 2.05. The van der Waals surface area contributed by atoms with Crippen molar-refractivity contribution < 1.29 is 13.9 Å². The number of hydrogen-bond donors (Lipinski definition) is 1. The molecular weight excluding hydrogens is 271 g/mol. The van der Waals surface area contributed by atoms with Crippen molar-refractivity contribution in [3.63, 3.8) is 0 Å². The van der Waals surface area contributed by atoms with Crippen molar-refractivity contribution in [3.05, 3.63) is 29.6 Å². The van der Waals surface area contributed by atoms with Crippen LogP contribution < -0.4 is 10.5 Å². The third-order valence-electron chi connectivity index (χ3n) is 4.20. The Labute approximate surface area is 126 Å². The van der Waals surface area contributed by atoms with Crippen LogP contribution in [0, 0.1) is 11.7 Å². The number of halogens is 1. The number of hydrogen-bond acceptors (Lipinski definition) is 4. The van der Waals surface area contributed by atoms with Gasteiger partial charge < -0.3 is 15.2 Å². The molecule has 1 aromatic carbocycles. The van der Waals surface area contributed by atoms with Crippen molar-refractivity contribution >= 4 is 0 Å². The van der Waals surface area contributed by atoms with Gasteiger partial charge in [-0.1, -0.05) is 6.07 Å². The molecule has 118 valence electrons. The van der Waals surface area contributed by atoms with Crippen LogP contribution in [0.1, 0.15) is 24.4 Å². The van der Waals surface area contributed by atoms with E-state index in [-0.39, 0.29) is 17.6 Å². The van der Waals surface area contributed by atoms with Gasteiger partial charge in [0.25, 0.3) is 0 Å². The topological polar surface area (TPSA) is 47.7 Å². The smallest absolute Gasteiger partial charge is 0.165 e. The summed E-state index contributed by atoms with van der Waals surface area (Å²) in [5.41, 5.74) is 6.81. The summed E-state index contributed by atoms with van der Waals surface area (Å²) in [6, 6.07) is 5.10. The summed E-state index contributed by atoms with van der Waals surface area (Å²) in [5, 5.41) is 0. The fourth-order valence-electron chi connectivity index (χ4n) is 2.92. The van der Waals surface area contributed by atoms with Crippen LogP contribution in [0.4, 0.5) is 4.39 Å². The van der Waals surface area contributed by atoms with Gasteiger partial charge in [-0.05, 0) is 43.5 Å². The maximum atomic E-state index is 13.9. The highest BCUT2D eigenvalue weighted by Crippen LogP contribution is 2.26. The van der Waals surface area contributed by atoms with Gasteiger partial charge in [0, 0.05) is 32.3 Å². The largest absolute Gasteiger partial charge is 0.494 e. The summed E-state index contributed by atoms with van der Waals surface area (Å²) in [6.07, 6.45) is 2.16. The fraction of sp³-hybridized carbons (Fsp3) is 0.625. The number of rotatable bonds is 6. The molecule has 0 aliphatic carbocycles. The Morgan fingerprint density at radius 1 is 1.43 bits per heavy atom. The minimum Gasteiger partial charge on any atom is -0.494 e. The lowest BCUT2D eigenvalue weighted by molar-refractivity contribution is 0.0507. The number of nitrogens with zero attached hydrogens (tertiary/aromatic N) is 1. The molecule has 0 aromatic heterocycles. The Bertz CT molecular complexity index is 450. The van der Waals surface area contributed by atoms with Crippen molar-refractivity contribution in [2.45, 2.75) is 18.9 Å². The van der Waals surface area contributed by atoms with Gasteiger partial charge in [0.2, 0.25) is 0 Å². The lowest BCUT2D eigenvalue weighted by Gasteiger charge is -2.32. The van der Waals surface area contributed by atoms with Crippen molar-refractivity contribution in [1.29, 1.82) is 0 Å². The number of methoxy groups -OCH3 is 1. The predicted octanol–water partition coefficient (Wildman–Crippen LogP) is 2.19. The molecule has 1 aromatic rings. The number of likely N-dealkylation sites (N-methyl/N-ethyl adjacent to an activating group) is 1. The molecule has 1 aliphatic heterocycles. The maximum Gasteiger partial charge on any atom is 0.165 e. The summed E-state index contributed by atoms with van der Waals surface area (Å²) < 4.78 is 24.2. The first-order valence-electron chi connectivity index (χ1n) is 7.47. The number of benzene rings is 1. The van der Waals surface area contributed by atoms with E-state index < -0.39 is 0 Å². The van der Waals surface area contributed by atoms with E-state index >= 15 is 0 Å². The maximum absolute atomic E-state index is 13.9. The second-order valence-electron chi connectivity index (χ2n) is 5.64. The second-order valence-corrected chi connectivity index (χ2v) is 5.64. The third kappa shape index (κ3) is 4.15. The molecular formula is C16H25FN2O2. The lowest BCUT2D eigenvalue weighted by Crippen LogP contribution is -2.36. The molecule has 1 aliphatic rings. The Morgan fingerprint density at radius 2 is 2.14 bits per heavy atom. The number of ether oxygens (including phenoxy) is 2. The van der Waals surface area contributed by atoms with Crippen LogP contribution >= 0.6 is 0 Å². The van der Waals surface area contributed by atoms with Gasteiger partial charge in [0.05, 0.1) is 7.11 Å². The quantitative estimate of drug-likeness (QED) is 0.874. The zero-order chi connectivity index (χ0) is 15.2. The fourth-order valence-corrected chi connectivity index (χ4v) is 2.92. The third-order valence-corrected chi connectivity index (χ3v) is 4.20. The van der Waals surface area contributed by atoms with Crippen molar-refractivity contribution in [1.82, 2.24) is 4.90 Å². The predicted molar refractivity (Wildman–Crippen MR) is 80.9 cm³/mol. The first-order valence-corrected chi connectivity index (χ1v) is 7.47. The first kappa shape index (κ1) is 16.2. The van der Waals surface area contributed by atoms with Crippen LogP contribution in [0.5, 0.6) is 5.75 Å². The zero-order valence-corrected chi connectivity index (χ0v) is 12.8. The van der Waals surface area contributed by atoms with E-state index in [0.29, 0.717) is 12.5 Å². The van der Waals surface area contributed by atoms with E-state index in [9.17, 15) is 4.39 Å². The van der Waals surface area contributed by atoms with Crippen LogP contribution in [0.3, 0.4) is 0 Å². The van der Waals surface area contributed by atoms with E-state index in [1.165, 1.54) is 13.2 Å². The normalized spacial score (nSPS) is 18.0. The lowest BCUT2D eigenvalue weighted by atomic mass is 9.97. The molecule has 1 saturated heterocycles. The highest BCUT2D eigenvalue weighted by atomic mass is 19.1. The average molecular weight is 296 g/mol. The molecule has 0 amide bonds. The summed E-state index contributed by atoms with van der Waals surface area (Å²) in [7, 11) is 3.52. The molecule has 2 N–H and O–H groups in total. The minimum absolute atomic E-state index is 0.0215. The Kier molecular flexibility index (Phi) is 5.96. The highest BCUT2D eigenvalue weighted by molar-refractivity contribution is 5.31. The van der Waals surface area contributed by atoms with E-state index in [0.717, 1.165) is 38.2 Å². The first-order chi connectivity index (χ1) is 10.2. The zero-order valence-electron chi connectivity index (χ0n) is 12.8. The summed E-state index contributed by atoms with van der Waals surface area (Å²) in [6.45, 7) is 3.09. The molecule has 0 spiro atoms. The van der Waals surface area contributed by atoms with Gasteiger partial charge >= 0.3 is 0 Å². The molecule has 1 unspecified atom stereocenters. The van der Waals surface area contributed by atoms with Crippen molar-refractivity contribution in [3.8, 4) is 5.75 Å². The molecule has 4 nitrogen and oxygen atoms in total. The van der Waals surface area contributed by atoms with Gasteiger partial charge in [-0.15, -0.1) is 0 Å². The molecule has 21 heavy (non-hydrogen) atoms. The van der Waals surface area contributed by atoms with Crippen LogP contribution in [0.2, 0.25) is 0 Å². The monoisotopic (exact) mass is 296 g/mol. The van der Waals surface area contributed by atoms with Gasteiger partial charge in [0.1, 0.15) is 0 Å². The van der Waals surface area contributed by atoms with Gasteiger partial charge in [0.15, 0.2) is 11.6 Å².